The van der Waals surface area contributed by atoms with E-state index in [0.717, 1.165) is 38.3 Å². The molecule has 1 unspecified atom stereocenters. The average molecular weight is 338 g/mol. The highest BCUT2D eigenvalue weighted by molar-refractivity contribution is 5.46. The number of hydrogen-bond donors (Lipinski definition) is 2. The highest BCUT2D eigenvalue weighted by atomic mass is 15.2. The second-order valence-electron chi connectivity index (χ2n) is 7.65. The summed E-state index contributed by atoms with van der Waals surface area (Å²) >= 11 is 0. The van der Waals surface area contributed by atoms with E-state index in [9.17, 15) is 0 Å². The average Bonchev–Trinajstić information content (AvgIpc) is 2.59. The number of fused-ring (bicyclic) bond motifs is 1. The lowest BCUT2D eigenvalue weighted by atomic mass is 9.89. The predicted octanol–water partition coefficient (Wildman–Crippen LogP) is 3.83. The third-order valence-electron chi connectivity index (χ3n) is 5.07. The fraction of sp³-hybridized carbons (Fsp3) is 0.455. The molecular weight excluding hydrogens is 306 g/mol. The maximum absolute atomic E-state index is 5.99. The molecular formula is C22H31N3. The van der Waals surface area contributed by atoms with Gasteiger partial charge in [-0.25, -0.2) is 0 Å². The first-order chi connectivity index (χ1) is 12.1. The van der Waals surface area contributed by atoms with Crippen LogP contribution in [0.4, 0.5) is 5.69 Å². The molecule has 3 N–H and O–H groups in total. The fourth-order valence-corrected chi connectivity index (χ4v) is 3.81. The molecule has 3 nitrogen and oxygen atoms in total. The van der Waals surface area contributed by atoms with Crippen LogP contribution in [0.3, 0.4) is 0 Å². The van der Waals surface area contributed by atoms with Crippen molar-refractivity contribution in [1.29, 1.82) is 0 Å². The van der Waals surface area contributed by atoms with Crippen LogP contribution in [-0.4, -0.2) is 24.0 Å². The van der Waals surface area contributed by atoms with Gasteiger partial charge in [0, 0.05) is 37.9 Å². The zero-order valence-electron chi connectivity index (χ0n) is 15.5. The molecule has 1 atom stereocenters. The summed E-state index contributed by atoms with van der Waals surface area (Å²) < 4.78 is 0. The van der Waals surface area contributed by atoms with E-state index in [1.807, 2.05) is 6.07 Å². The van der Waals surface area contributed by atoms with Crippen LogP contribution in [0.1, 0.15) is 37.0 Å². The van der Waals surface area contributed by atoms with Gasteiger partial charge >= 0.3 is 0 Å². The van der Waals surface area contributed by atoms with Gasteiger partial charge < -0.3 is 11.1 Å². The van der Waals surface area contributed by atoms with E-state index in [1.54, 1.807) is 0 Å². The Bertz CT molecular complexity index is 666. The molecule has 0 radical (unpaired) electrons. The molecule has 1 aliphatic heterocycles. The van der Waals surface area contributed by atoms with Gasteiger partial charge in [0.1, 0.15) is 0 Å². The van der Waals surface area contributed by atoms with Gasteiger partial charge in [0.25, 0.3) is 0 Å². The monoisotopic (exact) mass is 337 g/mol. The van der Waals surface area contributed by atoms with Crippen LogP contribution in [0.2, 0.25) is 0 Å². The molecule has 25 heavy (non-hydrogen) atoms. The normalized spacial score (nSPS) is 17.6. The zero-order valence-corrected chi connectivity index (χ0v) is 15.5. The summed E-state index contributed by atoms with van der Waals surface area (Å²) in [4.78, 5) is 2.65. The van der Waals surface area contributed by atoms with Crippen molar-refractivity contribution in [3.63, 3.8) is 0 Å². The van der Waals surface area contributed by atoms with Gasteiger partial charge in [0.15, 0.2) is 0 Å². The number of nitrogen functional groups attached to an aromatic ring is 1. The van der Waals surface area contributed by atoms with E-state index in [1.165, 1.54) is 23.1 Å². The van der Waals surface area contributed by atoms with Crippen molar-refractivity contribution in [3.05, 3.63) is 65.2 Å². The maximum atomic E-state index is 5.99. The number of nitrogens with one attached hydrogen (secondary N) is 1. The minimum Gasteiger partial charge on any atom is -0.399 e. The summed E-state index contributed by atoms with van der Waals surface area (Å²) in [5.74, 6) is 0.715. The molecule has 0 spiro atoms. The minimum atomic E-state index is 0.618. The predicted molar refractivity (Wildman–Crippen MR) is 106 cm³/mol. The van der Waals surface area contributed by atoms with Crippen molar-refractivity contribution >= 4 is 5.69 Å². The van der Waals surface area contributed by atoms with Gasteiger partial charge in [-0.15, -0.1) is 0 Å². The summed E-state index contributed by atoms with van der Waals surface area (Å²) in [5, 5.41) is 3.59. The standard InChI is InChI=1S/C22H31N3/c1-17(2)12-22-14-20-13-21(23)9-8-19(20)16-25(22)11-10-24-15-18-6-4-3-5-7-18/h3-9,13,17,22,24H,10-12,14-16,23H2,1-2H3. The van der Waals surface area contributed by atoms with Crippen LogP contribution in [0, 0.1) is 5.92 Å². The first-order valence-corrected chi connectivity index (χ1v) is 9.48. The maximum Gasteiger partial charge on any atom is 0.0316 e. The first kappa shape index (κ1) is 18.0. The minimum absolute atomic E-state index is 0.618. The smallest absolute Gasteiger partial charge is 0.0316 e. The van der Waals surface area contributed by atoms with Gasteiger partial charge in [0.2, 0.25) is 0 Å². The summed E-state index contributed by atoms with van der Waals surface area (Å²) in [7, 11) is 0. The van der Waals surface area contributed by atoms with Crippen LogP contribution in [-0.2, 0) is 19.5 Å². The van der Waals surface area contributed by atoms with Gasteiger partial charge in [-0.05, 0) is 47.6 Å². The van der Waals surface area contributed by atoms with E-state index in [-0.39, 0.29) is 0 Å². The summed E-state index contributed by atoms with van der Waals surface area (Å²) in [5.41, 5.74) is 11.1. The van der Waals surface area contributed by atoms with Crippen LogP contribution < -0.4 is 11.1 Å². The molecule has 0 aromatic heterocycles. The Hall–Kier alpha value is -1.84. The van der Waals surface area contributed by atoms with Crippen LogP contribution >= 0.6 is 0 Å². The number of anilines is 1. The number of nitrogens with zero attached hydrogens (tertiary/aromatic N) is 1. The molecule has 2 aromatic rings. The Morgan fingerprint density at radius 3 is 2.68 bits per heavy atom. The second-order valence-corrected chi connectivity index (χ2v) is 7.65. The number of nitrogens with two attached hydrogens (primary N) is 1. The summed E-state index contributed by atoms with van der Waals surface area (Å²) in [6, 6.07) is 17.7. The van der Waals surface area contributed by atoms with E-state index in [4.69, 9.17) is 5.73 Å². The van der Waals surface area contributed by atoms with E-state index < -0.39 is 0 Å². The topological polar surface area (TPSA) is 41.3 Å². The Morgan fingerprint density at radius 1 is 1.12 bits per heavy atom. The molecule has 1 heterocycles. The fourth-order valence-electron chi connectivity index (χ4n) is 3.81. The first-order valence-electron chi connectivity index (χ1n) is 9.48. The lowest BCUT2D eigenvalue weighted by Gasteiger charge is -2.38. The molecule has 0 saturated carbocycles. The molecule has 3 heteroatoms. The van der Waals surface area contributed by atoms with E-state index in [0.29, 0.717) is 12.0 Å². The lowest BCUT2D eigenvalue weighted by molar-refractivity contribution is 0.151. The SMILES string of the molecule is CC(C)CC1Cc2cc(N)ccc2CN1CCNCc1ccccc1. The van der Waals surface area contributed by atoms with Crippen molar-refractivity contribution in [1.82, 2.24) is 10.2 Å². The number of hydrogen-bond acceptors (Lipinski definition) is 3. The van der Waals surface area contributed by atoms with Crippen molar-refractivity contribution in [2.24, 2.45) is 5.92 Å². The van der Waals surface area contributed by atoms with Gasteiger partial charge in [-0.1, -0.05) is 50.2 Å². The highest BCUT2D eigenvalue weighted by Crippen LogP contribution is 2.28. The van der Waals surface area contributed by atoms with Crippen molar-refractivity contribution in [2.75, 3.05) is 18.8 Å². The largest absolute Gasteiger partial charge is 0.399 e. The Morgan fingerprint density at radius 2 is 1.92 bits per heavy atom. The third-order valence-corrected chi connectivity index (χ3v) is 5.07. The van der Waals surface area contributed by atoms with Crippen LogP contribution in [0.25, 0.3) is 0 Å². The zero-order chi connectivity index (χ0) is 17.6. The molecule has 3 rings (SSSR count). The van der Waals surface area contributed by atoms with Crippen LogP contribution in [0.5, 0.6) is 0 Å². The number of benzene rings is 2. The molecule has 0 fully saturated rings. The molecule has 2 aromatic carbocycles. The Labute approximate surface area is 152 Å². The summed E-state index contributed by atoms with van der Waals surface area (Å²) in [6.07, 6.45) is 2.37. The lowest BCUT2D eigenvalue weighted by Crippen LogP contribution is -2.44. The van der Waals surface area contributed by atoms with Gasteiger partial charge in [0.05, 0.1) is 0 Å². The molecule has 134 valence electrons. The second kappa shape index (κ2) is 8.50. The highest BCUT2D eigenvalue weighted by Gasteiger charge is 2.26. The molecule has 1 aliphatic rings. The van der Waals surface area contributed by atoms with Crippen LogP contribution in [0.15, 0.2) is 48.5 Å². The molecule has 0 bridgehead atoms. The molecule has 0 saturated heterocycles. The van der Waals surface area contributed by atoms with E-state index in [2.05, 4.69) is 66.5 Å². The third kappa shape index (κ3) is 5.07. The van der Waals surface area contributed by atoms with Crippen molar-refractivity contribution < 1.29 is 0 Å². The van der Waals surface area contributed by atoms with Crippen molar-refractivity contribution in [2.45, 2.75) is 45.8 Å². The van der Waals surface area contributed by atoms with E-state index >= 15 is 0 Å². The van der Waals surface area contributed by atoms with Crippen molar-refractivity contribution in [3.8, 4) is 0 Å². The summed E-state index contributed by atoms with van der Waals surface area (Å²) in [6.45, 7) is 8.74. The molecule has 0 aliphatic carbocycles. The number of rotatable bonds is 7. The quantitative estimate of drug-likeness (QED) is 0.596. The Balaban J connectivity index is 1.58. The molecule has 0 amide bonds. The Kier molecular flexibility index (Phi) is 6.11. The van der Waals surface area contributed by atoms with Gasteiger partial charge in [-0.3, -0.25) is 4.90 Å². The van der Waals surface area contributed by atoms with Gasteiger partial charge in [-0.2, -0.15) is 0 Å².